The third-order valence-electron chi connectivity index (χ3n) is 9.11. The molecule has 0 bridgehead atoms. The van der Waals surface area contributed by atoms with Gasteiger partial charge in [-0.3, -0.25) is 0 Å². The Morgan fingerprint density at radius 2 is 0.740 bits per heavy atom. The molecule has 5 aromatic carbocycles. The summed E-state index contributed by atoms with van der Waals surface area (Å²) in [5.74, 6) is -6.71. The van der Waals surface area contributed by atoms with Crippen molar-refractivity contribution in [1.29, 1.82) is 0 Å². The van der Waals surface area contributed by atoms with Gasteiger partial charge in [-0.25, -0.2) is 26.3 Å². The lowest BCUT2D eigenvalue weighted by Gasteiger charge is -2.43. The molecule has 0 heterocycles. The Labute approximate surface area is 303 Å². The van der Waals surface area contributed by atoms with E-state index in [1.807, 2.05) is 0 Å². The molecule has 0 atom stereocenters. The number of hydrogen-bond acceptors (Lipinski definition) is 0. The number of benzene rings is 5. The molecule has 0 saturated heterocycles. The Bertz CT molecular complexity index is 1650. The third kappa shape index (κ3) is 8.85. The molecule has 0 radical (unpaired) electrons. The summed E-state index contributed by atoms with van der Waals surface area (Å²) in [6.07, 6.45) is -2.85. The van der Waals surface area contributed by atoms with Crippen LogP contribution in [0, 0.1) is 42.0 Å². The molecule has 264 valence electrons. The van der Waals surface area contributed by atoms with Crippen molar-refractivity contribution in [2.45, 2.75) is 78.5 Å². The molecule has 0 unspecified atom stereocenters. The van der Waals surface area contributed by atoms with E-state index in [4.69, 9.17) is 0 Å². The fourth-order valence-electron chi connectivity index (χ4n) is 6.47. The summed E-state index contributed by atoms with van der Waals surface area (Å²) in [7, 11) is 0. The molecule has 8 heteroatoms. The zero-order valence-electron chi connectivity index (χ0n) is 29.7. The van der Waals surface area contributed by atoms with Crippen LogP contribution in [0.3, 0.4) is 0 Å². The first-order valence-electron chi connectivity index (χ1n) is 16.9. The largest absolute Gasteiger partial charge is 0.357 e. The second-order valence-corrected chi connectivity index (χ2v) is 17.7. The molecule has 0 saturated carbocycles. The highest BCUT2D eigenvalue weighted by Gasteiger charge is 2.41. The summed E-state index contributed by atoms with van der Waals surface area (Å²) in [5, 5.41) is 0. The Morgan fingerprint density at radius 3 is 0.980 bits per heavy atom. The summed E-state index contributed by atoms with van der Waals surface area (Å²) in [6.45, 7) is 15.4. The summed E-state index contributed by atoms with van der Waals surface area (Å²) < 4.78 is 92.7. The van der Waals surface area contributed by atoms with E-state index in [-0.39, 0.29) is 44.8 Å². The molecule has 0 fully saturated rings. The van der Waals surface area contributed by atoms with Crippen LogP contribution in [0.1, 0.15) is 72.4 Å². The molecule has 0 aromatic heterocycles. The van der Waals surface area contributed by atoms with Crippen molar-refractivity contribution in [3.63, 3.8) is 0 Å². The van der Waals surface area contributed by atoms with Gasteiger partial charge in [0.2, 0.25) is 0 Å². The predicted octanol–water partition coefficient (Wildman–Crippen LogP) is 7.20. The van der Waals surface area contributed by atoms with E-state index in [9.17, 15) is 26.3 Å². The summed E-state index contributed by atoms with van der Waals surface area (Å²) in [6, 6.07) is 27.2. The smallest absolute Gasteiger partial charge is 0.210 e. The first-order valence-corrected chi connectivity index (χ1v) is 19.0. The normalized spacial score (nSPS) is 12.0. The van der Waals surface area contributed by atoms with Crippen LogP contribution in [0.25, 0.3) is 0 Å². The van der Waals surface area contributed by atoms with Crippen LogP contribution in [0.4, 0.5) is 26.3 Å². The maximum Gasteiger partial charge on any atom is 0.357 e. The Morgan fingerprint density at radius 1 is 0.460 bits per heavy atom. The second-order valence-electron chi connectivity index (χ2n) is 14.7. The molecule has 0 aliphatic rings. The standard InChI is InChI=1S/C22H18BF6.C20H26I/c1-2-3-13-23(20-14(24)7-4-8-15(20)25,21-16(26)9-5-10-17(21)27)22-18(28)11-6-12-19(22)29;1-19(2,3)15-7-11-17(12-8-15)21-18-13-9-16(10-14-18)20(4,5)6/h4-12H,2-3,13H2,1H3;7-14H,1-6H3/q-1;+1. The van der Waals surface area contributed by atoms with E-state index < -0.39 is 57.4 Å². The van der Waals surface area contributed by atoms with Crippen LogP contribution in [-0.2, 0) is 10.8 Å². The summed E-state index contributed by atoms with van der Waals surface area (Å²) in [5.41, 5.74) is 1.13. The van der Waals surface area contributed by atoms with Crippen molar-refractivity contribution in [1.82, 2.24) is 0 Å². The van der Waals surface area contributed by atoms with Crippen LogP contribution in [0.15, 0.2) is 103 Å². The van der Waals surface area contributed by atoms with Gasteiger partial charge < -0.3 is 0 Å². The molecule has 50 heavy (non-hydrogen) atoms. The van der Waals surface area contributed by atoms with E-state index in [1.54, 1.807) is 6.92 Å². The van der Waals surface area contributed by atoms with Crippen molar-refractivity contribution >= 4 is 22.5 Å². The lowest BCUT2D eigenvalue weighted by Crippen LogP contribution is -3.61. The van der Waals surface area contributed by atoms with Crippen molar-refractivity contribution < 1.29 is 47.5 Å². The van der Waals surface area contributed by atoms with Gasteiger partial charge in [-0.2, -0.15) is 6.32 Å². The highest BCUT2D eigenvalue weighted by Crippen LogP contribution is 2.25. The van der Waals surface area contributed by atoms with E-state index in [1.165, 1.54) is 18.3 Å². The van der Waals surface area contributed by atoms with Gasteiger partial charge in [0.05, 0.1) is 34.9 Å². The van der Waals surface area contributed by atoms with Gasteiger partial charge in [0.25, 0.3) is 0 Å². The van der Waals surface area contributed by atoms with E-state index in [0.717, 1.165) is 54.6 Å². The number of rotatable bonds is 8. The zero-order valence-corrected chi connectivity index (χ0v) is 31.8. The molecular formula is C42H44BF6I. The minimum atomic E-state index is -3.32. The fraction of sp³-hybridized carbons (Fsp3) is 0.286. The number of halogens is 7. The van der Waals surface area contributed by atoms with Gasteiger partial charge >= 0.3 is 21.2 Å². The van der Waals surface area contributed by atoms with E-state index in [2.05, 4.69) is 90.1 Å². The highest BCUT2D eigenvalue weighted by atomic mass is 127. The highest BCUT2D eigenvalue weighted by molar-refractivity contribution is 7.11. The molecule has 0 N–H and O–H groups in total. The Kier molecular flexibility index (Phi) is 12.7. The first-order chi connectivity index (χ1) is 23.5. The summed E-state index contributed by atoms with van der Waals surface area (Å²) in [4.78, 5) is 0. The van der Waals surface area contributed by atoms with Gasteiger partial charge in [-0.05, 0) is 82.6 Å². The van der Waals surface area contributed by atoms with Crippen molar-refractivity contribution in [2.75, 3.05) is 0 Å². The molecule has 5 aromatic rings. The minimum Gasteiger partial charge on any atom is -0.210 e. The quantitative estimate of drug-likeness (QED) is 0.0886. The van der Waals surface area contributed by atoms with Crippen LogP contribution in [0.2, 0.25) is 6.32 Å². The molecule has 0 aliphatic carbocycles. The van der Waals surface area contributed by atoms with E-state index >= 15 is 0 Å². The average molecular weight is 801 g/mol. The lowest BCUT2D eigenvalue weighted by molar-refractivity contribution is -0.597. The lowest BCUT2D eigenvalue weighted by atomic mass is 9.13. The molecule has 0 aliphatic heterocycles. The zero-order chi connectivity index (χ0) is 36.9. The molecule has 0 amide bonds. The number of hydrogen-bond donors (Lipinski definition) is 0. The molecule has 5 rings (SSSR count). The number of unbranched alkanes of at least 4 members (excludes halogenated alkanes) is 1. The molecular weight excluding hydrogens is 756 g/mol. The Balaban J connectivity index is 0.000000237. The van der Waals surface area contributed by atoms with Crippen LogP contribution in [-0.4, -0.2) is 6.15 Å². The van der Waals surface area contributed by atoms with Gasteiger partial charge in [0.1, 0.15) is 6.15 Å². The van der Waals surface area contributed by atoms with Crippen LogP contribution < -0.4 is 37.6 Å². The van der Waals surface area contributed by atoms with Crippen molar-refractivity contribution in [3.05, 3.63) is 156 Å². The fourth-order valence-corrected chi connectivity index (χ4v) is 8.63. The predicted molar refractivity (Wildman–Crippen MR) is 191 cm³/mol. The average Bonchev–Trinajstić information content (AvgIpc) is 3.03. The van der Waals surface area contributed by atoms with Gasteiger partial charge in [0, 0.05) is 0 Å². The van der Waals surface area contributed by atoms with Crippen LogP contribution >= 0.6 is 0 Å². The monoisotopic (exact) mass is 800 g/mol. The van der Waals surface area contributed by atoms with E-state index in [0.29, 0.717) is 6.42 Å². The summed E-state index contributed by atoms with van der Waals surface area (Å²) >= 11 is -0.0703. The van der Waals surface area contributed by atoms with Crippen LogP contribution in [0.5, 0.6) is 0 Å². The SMILES string of the molecule is CC(C)(C)c1ccc([I+]c2ccc(C(C)(C)C)cc2)cc1.CCCC[B-](c1c(F)cccc1F)(c1c(F)cccc1F)c1c(F)cccc1F. The Hall–Kier alpha value is -3.53. The molecule has 0 nitrogen and oxygen atoms in total. The van der Waals surface area contributed by atoms with Gasteiger partial charge in [-0.15, -0.1) is 16.4 Å². The van der Waals surface area contributed by atoms with Gasteiger partial charge in [-0.1, -0.05) is 104 Å². The van der Waals surface area contributed by atoms with Crippen molar-refractivity contribution in [3.8, 4) is 0 Å². The topological polar surface area (TPSA) is 0 Å². The van der Waals surface area contributed by atoms with Crippen molar-refractivity contribution in [2.24, 2.45) is 0 Å². The second kappa shape index (κ2) is 16.2. The minimum absolute atomic E-state index is 0.0703. The molecule has 0 spiro atoms. The first kappa shape index (κ1) is 39.3. The van der Waals surface area contributed by atoms with Gasteiger partial charge in [0.15, 0.2) is 7.14 Å². The third-order valence-corrected chi connectivity index (χ3v) is 11.8. The maximum absolute atomic E-state index is 15.0. The maximum atomic E-state index is 15.0.